The van der Waals surface area contributed by atoms with Gasteiger partial charge in [-0.2, -0.15) is 0 Å². The summed E-state index contributed by atoms with van der Waals surface area (Å²) in [6.45, 7) is 13.5. The van der Waals surface area contributed by atoms with Gasteiger partial charge in [-0.15, -0.1) is 0 Å². The normalized spacial score (nSPS) is 12.7. The van der Waals surface area contributed by atoms with Crippen LogP contribution in [0.4, 0.5) is 0 Å². The molecule has 0 N–H and O–H groups in total. The average molecular weight is 284 g/mol. The Kier molecular flexibility index (Phi) is 4.06. The van der Waals surface area contributed by atoms with Crippen molar-refractivity contribution < 1.29 is 4.74 Å². The summed E-state index contributed by atoms with van der Waals surface area (Å²) in [4.78, 5) is 0. The molecule has 2 aromatic rings. The third kappa shape index (κ3) is 3.07. The van der Waals surface area contributed by atoms with Crippen LogP contribution in [0.15, 0.2) is 30.3 Å². The van der Waals surface area contributed by atoms with Crippen molar-refractivity contribution in [3.63, 3.8) is 0 Å². The van der Waals surface area contributed by atoms with E-state index in [9.17, 15) is 0 Å². The Labute approximate surface area is 129 Å². The molecular weight excluding hydrogens is 256 g/mol. The molecular formula is C20H28O. The quantitative estimate of drug-likeness (QED) is 0.688. The summed E-state index contributed by atoms with van der Waals surface area (Å²) in [7, 11) is 1.76. The molecule has 0 spiro atoms. The van der Waals surface area contributed by atoms with Gasteiger partial charge in [0.05, 0.1) is 7.11 Å². The van der Waals surface area contributed by atoms with Crippen LogP contribution in [0.3, 0.4) is 0 Å². The van der Waals surface area contributed by atoms with Crippen molar-refractivity contribution in [3.05, 3.63) is 41.5 Å². The highest BCUT2D eigenvalue weighted by atomic mass is 16.5. The molecule has 21 heavy (non-hydrogen) atoms. The van der Waals surface area contributed by atoms with Crippen molar-refractivity contribution in [2.45, 2.75) is 58.8 Å². The first-order valence-electron chi connectivity index (χ1n) is 7.82. The molecule has 2 aromatic carbocycles. The van der Waals surface area contributed by atoms with Gasteiger partial charge in [0.2, 0.25) is 0 Å². The minimum atomic E-state index is 0.128. The smallest absolute Gasteiger partial charge is 0.126 e. The highest BCUT2D eigenvalue weighted by molar-refractivity contribution is 5.90. The van der Waals surface area contributed by atoms with Gasteiger partial charge < -0.3 is 4.74 Å². The Morgan fingerprint density at radius 3 is 2.10 bits per heavy atom. The maximum Gasteiger partial charge on any atom is 0.126 e. The maximum absolute atomic E-state index is 5.66. The van der Waals surface area contributed by atoms with Gasteiger partial charge in [-0.1, -0.05) is 59.7 Å². The van der Waals surface area contributed by atoms with E-state index in [2.05, 4.69) is 71.9 Å². The molecule has 0 unspecified atom stereocenters. The Balaban J connectivity index is 2.69. The van der Waals surface area contributed by atoms with Crippen molar-refractivity contribution in [1.82, 2.24) is 0 Å². The standard InChI is InChI=1S/C20H28O/c1-8-20(5,6)15-10-9-14-11-16(19(2,3)4)13-18(21-7)17(14)12-15/h9-13H,8H2,1-7H3. The lowest BCUT2D eigenvalue weighted by Crippen LogP contribution is -2.15. The second-order valence-corrected chi connectivity index (χ2v) is 7.60. The van der Waals surface area contributed by atoms with Crippen molar-refractivity contribution in [3.8, 4) is 5.75 Å². The molecule has 0 amide bonds. The van der Waals surface area contributed by atoms with Crippen molar-refractivity contribution in [1.29, 1.82) is 0 Å². The van der Waals surface area contributed by atoms with E-state index in [4.69, 9.17) is 4.74 Å². The van der Waals surface area contributed by atoms with Gasteiger partial charge in [-0.05, 0) is 45.9 Å². The lowest BCUT2D eigenvalue weighted by Gasteiger charge is -2.25. The van der Waals surface area contributed by atoms with E-state index in [0.717, 1.165) is 12.2 Å². The van der Waals surface area contributed by atoms with Crippen LogP contribution in [0.2, 0.25) is 0 Å². The number of methoxy groups -OCH3 is 1. The first-order valence-corrected chi connectivity index (χ1v) is 7.82. The predicted molar refractivity (Wildman–Crippen MR) is 92.5 cm³/mol. The van der Waals surface area contributed by atoms with E-state index in [0.29, 0.717) is 0 Å². The van der Waals surface area contributed by atoms with E-state index in [1.54, 1.807) is 7.11 Å². The Hall–Kier alpha value is -1.50. The molecule has 0 fully saturated rings. The Morgan fingerprint density at radius 1 is 0.905 bits per heavy atom. The van der Waals surface area contributed by atoms with Crippen LogP contribution >= 0.6 is 0 Å². The van der Waals surface area contributed by atoms with E-state index < -0.39 is 0 Å². The molecule has 0 radical (unpaired) electrons. The van der Waals surface area contributed by atoms with Crippen LogP contribution < -0.4 is 4.74 Å². The lowest BCUT2D eigenvalue weighted by atomic mass is 9.80. The second kappa shape index (κ2) is 5.36. The van der Waals surface area contributed by atoms with Crippen LogP contribution in [0.25, 0.3) is 10.8 Å². The molecule has 0 saturated carbocycles. The van der Waals surface area contributed by atoms with Gasteiger partial charge in [0, 0.05) is 5.39 Å². The molecule has 0 saturated heterocycles. The topological polar surface area (TPSA) is 9.23 Å². The lowest BCUT2D eigenvalue weighted by molar-refractivity contribution is 0.417. The van der Waals surface area contributed by atoms with Gasteiger partial charge in [-0.25, -0.2) is 0 Å². The first kappa shape index (κ1) is 15.9. The van der Waals surface area contributed by atoms with Crippen LogP contribution in [-0.2, 0) is 10.8 Å². The number of benzene rings is 2. The van der Waals surface area contributed by atoms with E-state index in [1.807, 2.05) is 0 Å². The average Bonchev–Trinajstić information content (AvgIpc) is 2.44. The largest absolute Gasteiger partial charge is 0.496 e. The van der Waals surface area contributed by atoms with E-state index in [1.165, 1.54) is 21.9 Å². The van der Waals surface area contributed by atoms with Crippen molar-refractivity contribution >= 4 is 10.8 Å². The zero-order valence-electron chi connectivity index (χ0n) is 14.5. The van der Waals surface area contributed by atoms with Gasteiger partial charge >= 0.3 is 0 Å². The van der Waals surface area contributed by atoms with Gasteiger partial charge in [0.25, 0.3) is 0 Å². The van der Waals surface area contributed by atoms with Crippen LogP contribution in [0, 0.1) is 0 Å². The molecule has 1 nitrogen and oxygen atoms in total. The van der Waals surface area contributed by atoms with Crippen LogP contribution in [-0.4, -0.2) is 7.11 Å². The number of fused-ring (bicyclic) bond motifs is 1. The summed E-state index contributed by atoms with van der Waals surface area (Å²) in [6.07, 6.45) is 1.13. The Morgan fingerprint density at radius 2 is 1.57 bits per heavy atom. The third-order valence-corrected chi connectivity index (χ3v) is 4.67. The summed E-state index contributed by atoms with van der Waals surface area (Å²) >= 11 is 0. The van der Waals surface area contributed by atoms with Gasteiger partial charge in [-0.3, -0.25) is 0 Å². The Bertz CT molecular complexity index is 645. The zero-order chi connectivity index (χ0) is 15.8. The molecule has 0 bridgehead atoms. The number of ether oxygens (including phenoxy) is 1. The molecule has 0 aliphatic carbocycles. The highest BCUT2D eigenvalue weighted by Gasteiger charge is 2.20. The SMILES string of the molecule is CCC(C)(C)c1ccc2cc(C(C)(C)C)cc(OC)c2c1. The minimum absolute atomic E-state index is 0.128. The molecule has 0 heterocycles. The van der Waals surface area contributed by atoms with Gasteiger partial charge in [0.15, 0.2) is 0 Å². The molecule has 2 rings (SSSR count). The molecule has 0 aliphatic heterocycles. The predicted octanol–water partition coefficient (Wildman–Crippen LogP) is 5.83. The summed E-state index contributed by atoms with van der Waals surface area (Å²) in [5.41, 5.74) is 3.01. The van der Waals surface area contributed by atoms with Gasteiger partial charge in [0.1, 0.15) is 5.75 Å². The summed E-state index contributed by atoms with van der Waals surface area (Å²) in [5, 5.41) is 2.47. The summed E-state index contributed by atoms with van der Waals surface area (Å²) < 4.78 is 5.66. The third-order valence-electron chi connectivity index (χ3n) is 4.67. The second-order valence-electron chi connectivity index (χ2n) is 7.60. The number of hydrogen-bond acceptors (Lipinski definition) is 1. The number of hydrogen-bond donors (Lipinski definition) is 0. The van der Waals surface area contributed by atoms with Crippen molar-refractivity contribution in [2.24, 2.45) is 0 Å². The fourth-order valence-corrected chi connectivity index (χ4v) is 2.55. The van der Waals surface area contributed by atoms with E-state index in [-0.39, 0.29) is 10.8 Å². The summed E-state index contributed by atoms with van der Waals surface area (Å²) in [5.74, 6) is 0.978. The maximum atomic E-state index is 5.66. The van der Waals surface area contributed by atoms with Crippen molar-refractivity contribution in [2.75, 3.05) is 7.11 Å². The zero-order valence-corrected chi connectivity index (χ0v) is 14.5. The molecule has 0 aliphatic rings. The minimum Gasteiger partial charge on any atom is -0.496 e. The molecule has 0 aromatic heterocycles. The first-order chi connectivity index (χ1) is 9.69. The van der Waals surface area contributed by atoms with E-state index >= 15 is 0 Å². The van der Waals surface area contributed by atoms with Crippen LogP contribution in [0.5, 0.6) is 5.75 Å². The van der Waals surface area contributed by atoms with Crippen LogP contribution in [0.1, 0.15) is 59.1 Å². The fourth-order valence-electron chi connectivity index (χ4n) is 2.55. The fraction of sp³-hybridized carbons (Fsp3) is 0.500. The monoisotopic (exact) mass is 284 g/mol. The molecule has 0 atom stereocenters. The summed E-state index contributed by atoms with van der Waals surface area (Å²) in [6, 6.07) is 11.3. The number of rotatable bonds is 3. The molecule has 114 valence electrons. The molecule has 1 heteroatoms. The highest BCUT2D eigenvalue weighted by Crippen LogP contribution is 2.36.